The van der Waals surface area contributed by atoms with Gasteiger partial charge in [-0.15, -0.1) is 0 Å². The maximum Gasteiger partial charge on any atom is 0.0946 e. The maximum absolute atomic E-state index is 5.01. The van der Waals surface area contributed by atoms with Crippen molar-refractivity contribution < 1.29 is 4.74 Å². The van der Waals surface area contributed by atoms with Crippen LogP contribution in [-0.4, -0.2) is 35.9 Å². The molecule has 80 valence electrons. The molecule has 0 bridgehead atoms. The number of methoxy groups -OCH3 is 1. The van der Waals surface area contributed by atoms with Gasteiger partial charge in [-0.05, 0) is 13.3 Å². The van der Waals surface area contributed by atoms with E-state index in [1.54, 1.807) is 13.3 Å². The van der Waals surface area contributed by atoms with Gasteiger partial charge >= 0.3 is 0 Å². The van der Waals surface area contributed by atoms with Gasteiger partial charge in [0.25, 0.3) is 0 Å². The van der Waals surface area contributed by atoms with Gasteiger partial charge in [-0.25, -0.2) is 4.98 Å². The number of imidazole rings is 1. The molecule has 0 fully saturated rings. The number of hydrogen-bond acceptors (Lipinski definition) is 3. The van der Waals surface area contributed by atoms with E-state index >= 15 is 0 Å². The minimum atomic E-state index is 0.512. The predicted octanol–water partition coefficient (Wildman–Crippen LogP) is 0.898. The van der Waals surface area contributed by atoms with Gasteiger partial charge in [0.15, 0.2) is 0 Å². The summed E-state index contributed by atoms with van der Waals surface area (Å²) >= 11 is 0. The van der Waals surface area contributed by atoms with E-state index in [4.69, 9.17) is 4.74 Å². The molecule has 0 aliphatic rings. The van der Waals surface area contributed by atoms with Crippen molar-refractivity contribution in [3.63, 3.8) is 0 Å². The topological polar surface area (TPSA) is 39.1 Å². The average Bonchev–Trinajstić information content (AvgIpc) is 2.67. The lowest BCUT2D eigenvalue weighted by Crippen LogP contribution is -2.30. The summed E-state index contributed by atoms with van der Waals surface area (Å²) in [5.41, 5.74) is 0. The fourth-order valence-electron chi connectivity index (χ4n) is 1.26. The summed E-state index contributed by atoms with van der Waals surface area (Å²) in [4.78, 5) is 3.98. The van der Waals surface area contributed by atoms with Gasteiger partial charge in [0, 0.05) is 45.2 Å². The molecule has 14 heavy (non-hydrogen) atoms. The highest BCUT2D eigenvalue weighted by molar-refractivity contribution is 4.74. The molecule has 0 aromatic carbocycles. The summed E-state index contributed by atoms with van der Waals surface area (Å²) in [6.07, 6.45) is 6.66. The number of rotatable bonds is 7. The lowest BCUT2D eigenvalue weighted by atomic mass is 10.2. The van der Waals surface area contributed by atoms with Crippen molar-refractivity contribution in [1.29, 1.82) is 0 Å². The fraction of sp³-hybridized carbons (Fsp3) is 0.700. The number of aromatic nitrogens is 2. The van der Waals surface area contributed by atoms with Crippen molar-refractivity contribution in [3.05, 3.63) is 18.7 Å². The Balaban J connectivity index is 2.03. The molecular weight excluding hydrogens is 178 g/mol. The van der Waals surface area contributed by atoms with E-state index < -0.39 is 0 Å². The number of ether oxygens (including phenoxy) is 1. The van der Waals surface area contributed by atoms with Gasteiger partial charge in [-0.2, -0.15) is 0 Å². The second kappa shape index (κ2) is 6.56. The molecule has 0 saturated heterocycles. The zero-order valence-electron chi connectivity index (χ0n) is 8.94. The molecule has 4 nitrogen and oxygen atoms in total. The molecule has 0 aliphatic heterocycles. The van der Waals surface area contributed by atoms with Gasteiger partial charge < -0.3 is 14.6 Å². The van der Waals surface area contributed by atoms with Gasteiger partial charge in [0.1, 0.15) is 0 Å². The molecule has 1 atom stereocenters. The van der Waals surface area contributed by atoms with Crippen LogP contribution in [0.25, 0.3) is 0 Å². The van der Waals surface area contributed by atoms with Crippen LogP contribution in [0.2, 0.25) is 0 Å². The Morgan fingerprint density at radius 1 is 1.57 bits per heavy atom. The summed E-state index contributed by atoms with van der Waals surface area (Å²) in [6, 6.07) is 0.512. The zero-order chi connectivity index (χ0) is 10.2. The molecule has 0 amide bonds. The smallest absolute Gasteiger partial charge is 0.0946 e. The van der Waals surface area contributed by atoms with E-state index in [0.717, 1.165) is 26.1 Å². The second-order valence-electron chi connectivity index (χ2n) is 3.44. The monoisotopic (exact) mass is 197 g/mol. The standard InChI is InChI=1S/C10H19N3O/c1-10(3-8-14-2)12-5-7-13-6-4-11-9-13/h4,6,9-10,12H,3,5,7-8H2,1-2H3. The normalized spacial score (nSPS) is 13.0. The summed E-state index contributed by atoms with van der Waals surface area (Å²) in [6.45, 7) is 4.94. The van der Waals surface area contributed by atoms with Crippen LogP contribution in [0.5, 0.6) is 0 Å². The first kappa shape index (κ1) is 11.2. The first-order valence-electron chi connectivity index (χ1n) is 5.01. The molecule has 1 aromatic rings. The summed E-state index contributed by atoms with van der Waals surface area (Å²) in [7, 11) is 1.73. The molecule has 4 heteroatoms. The van der Waals surface area contributed by atoms with Gasteiger partial charge in [-0.1, -0.05) is 0 Å². The van der Waals surface area contributed by atoms with E-state index in [-0.39, 0.29) is 0 Å². The average molecular weight is 197 g/mol. The Bertz CT molecular complexity index is 223. The quantitative estimate of drug-likeness (QED) is 0.706. The molecule has 1 aromatic heterocycles. The minimum Gasteiger partial charge on any atom is -0.385 e. The molecule has 1 unspecified atom stereocenters. The van der Waals surface area contributed by atoms with E-state index in [9.17, 15) is 0 Å². The highest BCUT2D eigenvalue weighted by atomic mass is 16.5. The van der Waals surface area contributed by atoms with Crippen LogP contribution in [0.4, 0.5) is 0 Å². The Morgan fingerprint density at radius 2 is 2.43 bits per heavy atom. The summed E-state index contributed by atoms with van der Waals surface area (Å²) in [5.74, 6) is 0. The SMILES string of the molecule is COCCC(C)NCCn1ccnc1. The highest BCUT2D eigenvalue weighted by Gasteiger charge is 1.99. The van der Waals surface area contributed by atoms with Crippen LogP contribution in [0.1, 0.15) is 13.3 Å². The number of hydrogen-bond donors (Lipinski definition) is 1. The highest BCUT2D eigenvalue weighted by Crippen LogP contribution is 1.91. The Hall–Kier alpha value is -0.870. The second-order valence-corrected chi connectivity index (χ2v) is 3.44. The van der Waals surface area contributed by atoms with E-state index in [2.05, 4.69) is 21.8 Å². The largest absolute Gasteiger partial charge is 0.385 e. The Morgan fingerprint density at radius 3 is 3.07 bits per heavy atom. The summed E-state index contributed by atoms with van der Waals surface area (Å²) in [5, 5.41) is 3.43. The first-order chi connectivity index (χ1) is 6.83. The zero-order valence-corrected chi connectivity index (χ0v) is 8.94. The van der Waals surface area contributed by atoms with Crippen molar-refractivity contribution in [1.82, 2.24) is 14.9 Å². The Labute approximate surface area is 85.3 Å². The van der Waals surface area contributed by atoms with Gasteiger partial charge in [0.2, 0.25) is 0 Å². The fourth-order valence-corrected chi connectivity index (χ4v) is 1.26. The molecule has 0 saturated carbocycles. The Kier molecular flexibility index (Phi) is 5.25. The maximum atomic E-state index is 5.01. The van der Waals surface area contributed by atoms with Gasteiger partial charge in [-0.3, -0.25) is 0 Å². The van der Waals surface area contributed by atoms with Gasteiger partial charge in [0.05, 0.1) is 6.33 Å². The van der Waals surface area contributed by atoms with Crippen LogP contribution in [0.15, 0.2) is 18.7 Å². The predicted molar refractivity (Wildman–Crippen MR) is 56.2 cm³/mol. The number of nitrogens with one attached hydrogen (secondary N) is 1. The molecule has 0 spiro atoms. The third-order valence-corrected chi connectivity index (χ3v) is 2.18. The van der Waals surface area contributed by atoms with Crippen molar-refractivity contribution >= 4 is 0 Å². The van der Waals surface area contributed by atoms with Crippen LogP contribution in [0.3, 0.4) is 0 Å². The lowest BCUT2D eigenvalue weighted by molar-refractivity contribution is 0.185. The van der Waals surface area contributed by atoms with Crippen LogP contribution in [-0.2, 0) is 11.3 Å². The van der Waals surface area contributed by atoms with E-state index in [0.29, 0.717) is 6.04 Å². The van der Waals surface area contributed by atoms with Crippen LogP contribution < -0.4 is 5.32 Å². The molecule has 0 aliphatic carbocycles. The third kappa shape index (κ3) is 4.39. The molecular formula is C10H19N3O. The van der Waals surface area contributed by atoms with Crippen molar-refractivity contribution in [3.8, 4) is 0 Å². The van der Waals surface area contributed by atoms with Crippen molar-refractivity contribution in [2.75, 3.05) is 20.3 Å². The van der Waals surface area contributed by atoms with Crippen molar-refractivity contribution in [2.45, 2.75) is 25.9 Å². The molecule has 1 N–H and O–H groups in total. The summed E-state index contributed by atoms with van der Waals surface area (Å²) < 4.78 is 7.08. The molecule has 1 heterocycles. The third-order valence-electron chi connectivity index (χ3n) is 2.18. The minimum absolute atomic E-state index is 0.512. The number of nitrogens with zero attached hydrogens (tertiary/aromatic N) is 2. The first-order valence-corrected chi connectivity index (χ1v) is 5.01. The van der Waals surface area contributed by atoms with Crippen LogP contribution in [0, 0.1) is 0 Å². The molecule has 0 radical (unpaired) electrons. The van der Waals surface area contributed by atoms with E-state index in [1.165, 1.54) is 0 Å². The van der Waals surface area contributed by atoms with E-state index in [1.807, 2.05) is 12.5 Å². The van der Waals surface area contributed by atoms with Crippen LogP contribution >= 0.6 is 0 Å². The van der Waals surface area contributed by atoms with Crippen molar-refractivity contribution in [2.24, 2.45) is 0 Å². The lowest BCUT2D eigenvalue weighted by Gasteiger charge is -2.13. The molecule has 1 rings (SSSR count).